The normalized spacial score (nSPS) is 12.5. The van der Waals surface area contributed by atoms with Crippen molar-refractivity contribution in [3.05, 3.63) is 34.1 Å². The Morgan fingerprint density at radius 1 is 1.56 bits per heavy atom. The molecule has 4 heteroatoms. The third-order valence-electron chi connectivity index (χ3n) is 2.39. The summed E-state index contributed by atoms with van der Waals surface area (Å²) in [4.78, 5) is 11.7. The Bertz CT molecular complexity index is 381. The Kier molecular flexibility index (Phi) is 5.09. The first-order valence-corrected chi connectivity index (χ1v) is 6.06. The highest BCUT2D eigenvalue weighted by Crippen LogP contribution is 2.19. The predicted molar refractivity (Wildman–Crippen MR) is 65.7 cm³/mol. The highest BCUT2D eigenvalue weighted by Gasteiger charge is 2.14. The first-order chi connectivity index (χ1) is 7.54. The van der Waals surface area contributed by atoms with Gasteiger partial charge >= 0.3 is 0 Å². The summed E-state index contributed by atoms with van der Waals surface area (Å²) in [5, 5.41) is 0. The number of rotatable bonds is 5. The molecule has 0 saturated heterocycles. The third-order valence-corrected chi connectivity index (χ3v) is 3.16. The molecule has 1 atom stereocenters. The summed E-state index contributed by atoms with van der Waals surface area (Å²) < 4.78 is 13.7. The predicted octanol–water partition coefficient (Wildman–Crippen LogP) is 2.83. The first kappa shape index (κ1) is 13.3. The molecule has 1 unspecified atom stereocenters. The standard InChI is InChI=1S/C12H15BrFNO/c1-2-3-11(15)12(16)7-8-6-9(14)4-5-10(8)13/h4-6,11H,2-3,7,15H2,1H3. The lowest BCUT2D eigenvalue weighted by Gasteiger charge is -2.10. The SMILES string of the molecule is CCCC(N)C(=O)Cc1cc(F)ccc1Br. The molecule has 0 aliphatic rings. The first-order valence-electron chi connectivity index (χ1n) is 5.26. The number of Topliss-reactive ketones (excluding diaryl/α,β-unsaturated/α-hetero) is 1. The fraction of sp³-hybridized carbons (Fsp3) is 0.417. The molecule has 0 aliphatic carbocycles. The summed E-state index contributed by atoms with van der Waals surface area (Å²) in [6.07, 6.45) is 1.72. The minimum Gasteiger partial charge on any atom is -0.321 e. The topological polar surface area (TPSA) is 43.1 Å². The van der Waals surface area contributed by atoms with Crippen molar-refractivity contribution < 1.29 is 9.18 Å². The van der Waals surface area contributed by atoms with Gasteiger partial charge in [-0.1, -0.05) is 29.3 Å². The number of hydrogen-bond acceptors (Lipinski definition) is 2. The summed E-state index contributed by atoms with van der Waals surface area (Å²) in [6.45, 7) is 1.98. The summed E-state index contributed by atoms with van der Waals surface area (Å²) in [5.74, 6) is -0.386. The minimum absolute atomic E-state index is 0.0480. The molecule has 0 heterocycles. The van der Waals surface area contributed by atoms with Gasteiger partial charge in [0.05, 0.1) is 6.04 Å². The molecule has 0 aliphatic heterocycles. The number of halogens is 2. The van der Waals surface area contributed by atoms with Crippen LogP contribution in [-0.2, 0) is 11.2 Å². The maximum absolute atomic E-state index is 13.0. The molecule has 16 heavy (non-hydrogen) atoms. The third kappa shape index (κ3) is 3.68. The lowest BCUT2D eigenvalue weighted by Crippen LogP contribution is -2.31. The van der Waals surface area contributed by atoms with Crippen LogP contribution in [0.25, 0.3) is 0 Å². The van der Waals surface area contributed by atoms with Gasteiger partial charge in [0, 0.05) is 10.9 Å². The van der Waals surface area contributed by atoms with Crippen molar-refractivity contribution in [2.45, 2.75) is 32.2 Å². The highest BCUT2D eigenvalue weighted by molar-refractivity contribution is 9.10. The molecule has 1 rings (SSSR count). The molecule has 0 saturated carbocycles. The second-order valence-electron chi connectivity index (χ2n) is 3.77. The zero-order chi connectivity index (χ0) is 12.1. The molecule has 0 amide bonds. The van der Waals surface area contributed by atoms with Gasteiger partial charge in [0.25, 0.3) is 0 Å². The van der Waals surface area contributed by atoms with Crippen LogP contribution in [0.1, 0.15) is 25.3 Å². The molecular formula is C12H15BrFNO. The summed E-state index contributed by atoms with van der Waals surface area (Å²) in [7, 11) is 0. The molecule has 1 aromatic carbocycles. The number of nitrogens with two attached hydrogens (primary N) is 1. The molecule has 1 aromatic rings. The summed E-state index contributed by atoms with van der Waals surface area (Å²) >= 11 is 3.29. The Balaban J connectivity index is 2.72. The van der Waals surface area contributed by atoms with E-state index in [1.54, 1.807) is 6.07 Å². The number of hydrogen-bond donors (Lipinski definition) is 1. The molecule has 88 valence electrons. The van der Waals surface area contributed by atoms with Crippen molar-refractivity contribution in [3.8, 4) is 0 Å². The Labute approximate surface area is 103 Å². The average Bonchev–Trinajstić information content (AvgIpc) is 2.23. The van der Waals surface area contributed by atoms with Crippen LogP contribution in [0, 0.1) is 5.82 Å². The molecule has 0 radical (unpaired) electrons. The summed E-state index contributed by atoms with van der Waals surface area (Å²) in [5.41, 5.74) is 6.35. The maximum atomic E-state index is 13.0. The number of ketones is 1. The van der Waals surface area contributed by atoms with Crippen LogP contribution in [0.15, 0.2) is 22.7 Å². The van der Waals surface area contributed by atoms with Gasteiger partial charge in [-0.15, -0.1) is 0 Å². The Morgan fingerprint density at radius 3 is 2.88 bits per heavy atom. The quantitative estimate of drug-likeness (QED) is 0.905. The van der Waals surface area contributed by atoms with Gasteiger partial charge in [-0.05, 0) is 30.2 Å². The van der Waals surface area contributed by atoms with Gasteiger partial charge in [-0.25, -0.2) is 4.39 Å². The largest absolute Gasteiger partial charge is 0.321 e. The summed E-state index contributed by atoms with van der Waals surface area (Å²) in [6, 6.07) is 3.87. The van der Waals surface area contributed by atoms with E-state index in [0.29, 0.717) is 12.0 Å². The van der Waals surface area contributed by atoms with E-state index in [9.17, 15) is 9.18 Å². The molecule has 0 fully saturated rings. The van der Waals surface area contributed by atoms with Crippen molar-refractivity contribution in [3.63, 3.8) is 0 Å². The zero-order valence-corrected chi connectivity index (χ0v) is 10.8. The van der Waals surface area contributed by atoms with Crippen molar-refractivity contribution in [2.75, 3.05) is 0 Å². The van der Waals surface area contributed by atoms with E-state index in [-0.39, 0.29) is 18.0 Å². The second kappa shape index (κ2) is 6.11. The molecular weight excluding hydrogens is 273 g/mol. The van der Waals surface area contributed by atoms with E-state index in [1.807, 2.05) is 6.92 Å². The van der Waals surface area contributed by atoms with E-state index in [1.165, 1.54) is 12.1 Å². The monoisotopic (exact) mass is 287 g/mol. The van der Waals surface area contributed by atoms with E-state index in [4.69, 9.17) is 5.73 Å². The molecule has 2 N–H and O–H groups in total. The van der Waals surface area contributed by atoms with Gasteiger partial charge in [0.2, 0.25) is 0 Å². The van der Waals surface area contributed by atoms with Gasteiger partial charge in [0.15, 0.2) is 5.78 Å². The molecule has 0 spiro atoms. The number of carbonyl (C=O) groups excluding carboxylic acids is 1. The molecule has 0 aromatic heterocycles. The van der Waals surface area contributed by atoms with Crippen LogP contribution in [0.5, 0.6) is 0 Å². The van der Waals surface area contributed by atoms with Crippen LogP contribution in [0.2, 0.25) is 0 Å². The number of carbonyl (C=O) groups is 1. The van der Waals surface area contributed by atoms with Gasteiger partial charge in [-0.2, -0.15) is 0 Å². The number of benzene rings is 1. The van der Waals surface area contributed by atoms with Gasteiger partial charge in [-0.3, -0.25) is 4.79 Å². The second-order valence-corrected chi connectivity index (χ2v) is 4.63. The van der Waals surface area contributed by atoms with E-state index < -0.39 is 6.04 Å². The van der Waals surface area contributed by atoms with Crippen molar-refractivity contribution in [1.29, 1.82) is 0 Å². The van der Waals surface area contributed by atoms with E-state index >= 15 is 0 Å². The van der Waals surface area contributed by atoms with E-state index in [2.05, 4.69) is 15.9 Å². The highest BCUT2D eigenvalue weighted by atomic mass is 79.9. The minimum atomic E-state index is -0.444. The van der Waals surface area contributed by atoms with Crippen LogP contribution in [0.3, 0.4) is 0 Å². The van der Waals surface area contributed by atoms with Crippen molar-refractivity contribution in [1.82, 2.24) is 0 Å². The van der Waals surface area contributed by atoms with Crippen LogP contribution < -0.4 is 5.73 Å². The molecule has 2 nitrogen and oxygen atoms in total. The van der Waals surface area contributed by atoms with Gasteiger partial charge in [0.1, 0.15) is 5.82 Å². The Hall–Kier alpha value is -0.740. The zero-order valence-electron chi connectivity index (χ0n) is 9.17. The van der Waals surface area contributed by atoms with E-state index in [0.717, 1.165) is 10.9 Å². The van der Waals surface area contributed by atoms with Crippen molar-refractivity contribution >= 4 is 21.7 Å². The van der Waals surface area contributed by atoms with Gasteiger partial charge < -0.3 is 5.73 Å². The van der Waals surface area contributed by atoms with Crippen LogP contribution >= 0.6 is 15.9 Å². The van der Waals surface area contributed by atoms with Crippen molar-refractivity contribution in [2.24, 2.45) is 5.73 Å². The Morgan fingerprint density at radius 2 is 2.25 bits per heavy atom. The van der Waals surface area contributed by atoms with Crippen LogP contribution in [0.4, 0.5) is 4.39 Å². The maximum Gasteiger partial charge on any atom is 0.153 e. The fourth-order valence-corrected chi connectivity index (χ4v) is 1.86. The fourth-order valence-electron chi connectivity index (χ4n) is 1.47. The lowest BCUT2D eigenvalue weighted by molar-refractivity contribution is -0.119. The lowest BCUT2D eigenvalue weighted by atomic mass is 10.0. The molecule has 0 bridgehead atoms. The van der Waals surface area contributed by atoms with Crippen LogP contribution in [-0.4, -0.2) is 11.8 Å². The smallest absolute Gasteiger partial charge is 0.153 e. The average molecular weight is 288 g/mol.